The Morgan fingerprint density at radius 1 is 1.27 bits per heavy atom. The highest BCUT2D eigenvalue weighted by molar-refractivity contribution is 7.93. The van der Waals surface area contributed by atoms with Crippen molar-refractivity contribution in [3.8, 4) is 0 Å². The molecule has 1 unspecified atom stereocenters. The Bertz CT molecular complexity index is 930. The molecule has 2 N–H and O–H groups in total. The van der Waals surface area contributed by atoms with Gasteiger partial charge in [-0.05, 0) is 38.5 Å². The van der Waals surface area contributed by atoms with Crippen molar-refractivity contribution in [1.29, 1.82) is 0 Å². The van der Waals surface area contributed by atoms with E-state index >= 15 is 0 Å². The van der Waals surface area contributed by atoms with Crippen molar-refractivity contribution < 1.29 is 22.2 Å². The monoisotopic (exact) mass is 381 g/mol. The summed E-state index contributed by atoms with van der Waals surface area (Å²) in [5.74, 6) is -0.727. The van der Waals surface area contributed by atoms with E-state index < -0.39 is 21.4 Å². The third kappa shape index (κ3) is 3.83. The van der Waals surface area contributed by atoms with Crippen LogP contribution in [0.2, 0.25) is 0 Å². The van der Waals surface area contributed by atoms with Crippen molar-refractivity contribution in [1.82, 2.24) is 4.98 Å². The van der Waals surface area contributed by atoms with Gasteiger partial charge < -0.3 is 19.8 Å². The highest BCUT2D eigenvalue weighted by atomic mass is 32.3. The summed E-state index contributed by atoms with van der Waals surface area (Å²) in [5, 5.41) is 2.53. The van der Waals surface area contributed by atoms with E-state index in [1.54, 1.807) is 27.9 Å². The van der Waals surface area contributed by atoms with Crippen LogP contribution in [-0.2, 0) is 14.8 Å². The molecule has 0 aliphatic rings. The van der Waals surface area contributed by atoms with Crippen LogP contribution in [0, 0.1) is 13.8 Å². The number of H-pyrrole nitrogens is 1. The minimum Gasteiger partial charge on any atom is -0.576 e. The minimum absolute atomic E-state index is 0.118. The molecule has 1 aromatic carbocycles. The Hall–Kier alpha value is -2.52. The molecule has 0 saturated carbocycles. The van der Waals surface area contributed by atoms with Gasteiger partial charge in [0.05, 0.1) is 5.69 Å². The number of anilines is 2. The highest BCUT2D eigenvalue weighted by Gasteiger charge is 2.27. The first-order valence-electron chi connectivity index (χ1n) is 7.71. The van der Waals surface area contributed by atoms with Crippen molar-refractivity contribution in [2.24, 2.45) is 0 Å². The second kappa shape index (κ2) is 7.00. The lowest BCUT2D eigenvalue weighted by Gasteiger charge is -2.17. The number of benzene rings is 1. The molecule has 0 saturated heterocycles. The first kappa shape index (κ1) is 19.8. The number of hydrogen-bond acceptors (Lipinski definition) is 5. The fourth-order valence-electron chi connectivity index (χ4n) is 2.86. The lowest BCUT2D eigenvalue weighted by molar-refractivity contribution is 0.101. The van der Waals surface area contributed by atoms with Crippen molar-refractivity contribution in [3.05, 3.63) is 40.7 Å². The molecule has 26 heavy (non-hydrogen) atoms. The summed E-state index contributed by atoms with van der Waals surface area (Å²) in [4.78, 5) is 27.9. The summed E-state index contributed by atoms with van der Waals surface area (Å²) in [6, 6.07) is 3.93. The van der Waals surface area contributed by atoms with Crippen LogP contribution >= 0.6 is 0 Å². The van der Waals surface area contributed by atoms with Crippen LogP contribution in [0.15, 0.2) is 23.1 Å². The Morgan fingerprint density at radius 2 is 1.88 bits per heavy atom. The van der Waals surface area contributed by atoms with Gasteiger partial charge in [0, 0.05) is 41.0 Å². The average molecular weight is 381 g/mol. The largest absolute Gasteiger partial charge is 0.576 e. The normalized spacial score (nSPS) is 13.2. The van der Waals surface area contributed by atoms with Crippen LogP contribution in [0.25, 0.3) is 0 Å². The van der Waals surface area contributed by atoms with Gasteiger partial charge >= 0.3 is 0 Å². The molecule has 140 valence electrons. The number of aromatic nitrogens is 1. The summed E-state index contributed by atoms with van der Waals surface area (Å²) in [7, 11) is -1.81. The molecule has 7 nitrogen and oxygen atoms in total. The summed E-state index contributed by atoms with van der Waals surface area (Å²) in [6.07, 6.45) is 0. The van der Waals surface area contributed by atoms with Crippen LogP contribution in [0.3, 0.4) is 0 Å². The lowest BCUT2D eigenvalue weighted by Crippen LogP contribution is -2.17. The van der Waals surface area contributed by atoms with Gasteiger partial charge in [-0.25, -0.2) is 0 Å². The summed E-state index contributed by atoms with van der Waals surface area (Å²) in [6.45, 7) is 4.73. The van der Waals surface area contributed by atoms with E-state index in [1.165, 1.54) is 24.0 Å². The van der Waals surface area contributed by atoms with Crippen molar-refractivity contribution in [2.75, 3.05) is 24.3 Å². The number of nitrogens with zero attached hydrogens (tertiary/aromatic N) is 1. The molecule has 0 bridgehead atoms. The fraction of sp³-hybridized carbons (Fsp3) is 0.294. The quantitative estimate of drug-likeness (QED) is 0.470. The van der Waals surface area contributed by atoms with Crippen LogP contribution in [-0.4, -0.2) is 35.3 Å². The Labute approximate surface area is 152 Å². The molecule has 1 atom stereocenters. The van der Waals surface area contributed by atoms with Gasteiger partial charge in [0.2, 0.25) is 4.90 Å². The number of ketones is 1. The van der Waals surface area contributed by atoms with Gasteiger partial charge in [0.1, 0.15) is 5.69 Å². The number of hydrogen-bond donors (Lipinski definition) is 2. The van der Waals surface area contributed by atoms with E-state index in [1.807, 2.05) is 0 Å². The maximum atomic E-state index is 13.6. The molecule has 1 amide bonds. The maximum absolute atomic E-state index is 13.6. The number of nitrogens with one attached hydrogen (secondary N) is 2. The first-order chi connectivity index (χ1) is 11.9. The van der Waals surface area contributed by atoms with Gasteiger partial charge in [-0.15, -0.1) is 0 Å². The summed E-state index contributed by atoms with van der Waals surface area (Å²) < 4.78 is 36.4. The number of halogens is 1. The van der Waals surface area contributed by atoms with E-state index in [9.17, 15) is 22.2 Å². The maximum Gasteiger partial charge on any atom is 0.280 e. The molecule has 0 spiro atoms. The zero-order chi connectivity index (χ0) is 19.8. The molecule has 1 heterocycles. The molecule has 9 heteroatoms. The number of carbonyl (C=O) groups is 2. The summed E-state index contributed by atoms with van der Waals surface area (Å²) in [5.41, 5.74) is 1.97. The van der Waals surface area contributed by atoms with Crippen LogP contribution < -0.4 is 10.2 Å². The molecule has 0 radical (unpaired) electrons. The predicted octanol–water partition coefficient (Wildman–Crippen LogP) is 3.03. The molecule has 1 aromatic heterocycles. The first-order valence-corrected chi connectivity index (χ1v) is 9.09. The number of amides is 1. The average Bonchev–Trinajstić information content (AvgIpc) is 2.81. The number of aryl methyl sites for hydroxylation is 1. The topological polar surface area (TPSA) is 105 Å². The van der Waals surface area contributed by atoms with Gasteiger partial charge in [-0.1, -0.05) is 4.21 Å². The molecule has 0 fully saturated rings. The lowest BCUT2D eigenvalue weighted by atomic mass is 10.1. The van der Waals surface area contributed by atoms with Crippen molar-refractivity contribution in [2.45, 2.75) is 25.7 Å². The van der Waals surface area contributed by atoms with E-state index in [-0.39, 0.29) is 22.9 Å². The second-order valence-corrected chi connectivity index (χ2v) is 7.47. The van der Waals surface area contributed by atoms with Gasteiger partial charge in [-0.3, -0.25) is 9.59 Å². The zero-order valence-electron chi connectivity index (χ0n) is 15.1. The third-order valence-corrected chi connectivity index (χ3v) is 4.83. The van der Waals surface area contributed by atoms with Crippen molar-refractivity contribution in [3.63, 3.8) is 0 Å². The van der Waals surface area contributed by atoms with Gasteiger partial charge in [0.25, 0.3) is 16.5 Å². The minimum atomic E-state index is -4.97. The van der Waals surface area contributed by atoms with Gasteiger partial charge in [0.15, 0.2) is 5.78 Å². The molecule has 0 aliphatic carbocycles. The number of carbonyl (C=O) groups excluding carboxylic acids is 2. The molecule has 2 aromatic rings. The molecular formula is C17H20FN3O4S. The van der Waals surface area contributed by atoms with Crippen LogP contribution in [0.5, 0.6) is 0 Å². The van der Waals surface area contributed by atoms with E-state index in [2.05, 4.69) is 10.3 Å². The number of Topliss-reactive ketones (excluding diaryl/α,β-unsaturated/α-hetero) is 1. The highest BCUT2D eigenvalue weighted by Crippen LogP contribution is 2.31. The molecule has 2 rings (SSSR count). The number of rotatable bonds is 5. The Kier molecular flexibility index (Phi) is 5.33. The Balaban J connectivity index is 2.40. The zero-order valence-corrected chi connectivity index (χ0v) is 15.9. The predicted molar refractivity (Wildman–Crippen MR) is 97.2 cm³/mol. The fourth-order valence-corrected chi connectivity index (χ4v) is 3.62. The van der Waals surface area contributed by atoms with E-state index in [4.69, 9.17) is 0 Å². The third-order valence-electron chi connectivity index (χ3n) is 3.98. The SMILES string of the molecule is CC(=O)c1c(C)[nH]c(C(=O)Nc2ccc(N(C)C)c([S+](=O)([O-])F)c2)c1C. The number of aromatic amines is 1. The van der Waals surface area contributed by atoms with Crippen molar-refractivity contribution >= 4 is 33.7 Å². The smallest absolute Gasteiger partial charge is 0.280 e. The van der Waals surface area contributed by atoms with Crippen LogP contribution in [0.1, 0.15) is 39.0 Å². The van der Waals surface area contributed by atoms with Crippen LogP contribution in [0.4, 0.5) is 15.3 Å². The molecule has 0 aliphatic heterocycles. The van der Waals surface area contributed by atoms with E-state index in [0.29, 0.717) is 16.8 Å². The van der Waals surface area contributed by atoms with Gasteiger partial charge in [-0.2, -0.15) is 0 Å². The standard InChI is InChI=1S/C17H20FN3O4S/c1-9-15(11(3)22)10(2)19-16(9)17(23)20-12-6-7-13(21(4)5)14(8-12)26(18,24)25/h6-8H,1-5H3,(H2-,19,20,22,23,24,25). The Morgan fingerprint density at radius 3 is 2.35 bits per heavy atom. The summed E-state index contributed by atoms with van der Waals surface area (Å²) >= 11 is 0. The van der Waals surface area contributed by atoms with E-state index in [0.717, 1.165) is 6.07 Å². The molecular weight excluding hydrogens is 361 g/mol. The second-order valence-electron chi connectivity index (χ2n) is 6.15.